The molecule has 0 saturated carbocycles. The lowest BCUT2D eigenvalue weighted by Gasteiger charge is -2.21. The Hall–Kier alpha value is -3.42. The van der Waals surface area contributed by atoms with E-state index < -0.39 is 11.5 Å². The van der Waals surface area contributed by atoms with Gasteiger partial charge in [0, 0.05) is 17.1 Å². The topological polar surface area (TPSA) is 92.5 Å². The molecule has 0 atom stereocenters. The van der Waals surface area contributed by atoms with Gasteiger partial charge in [0.15, 0.2) is 11.5 Å². The number of carbonyl (C=O) groups excluding carboxylic acids is 1. The third-order valence-electron chi connectivity index (χ3n) is 4.13. The van der Waals surface area contributed by atoms with Crippen molar-refractivity contribution in [3.63, 3.8) is 0 Å². The molecule has 1 aliphatic heterocycles. The van der Waals surface area contributed by atoms with Crippen LogP contribution in [0.1, 0.15) is 6.92 Å². The van der Waals surface area contributed by atoms with Crippen molar-refractivity contribution in [1.29, 1.82) is 0 Å². The van der Waals surface area contributed by atoms with E-state index in [0.29, 0.717) is 41.4 Å². The molecule has 0 radical (unpaired) electrons. The van der Waals surface area contributed by atoms with Crippen LogP contribution in [-0.4, -0.2) is 40.6 Å². The van der Waals surface area contributed by atoms with Gasteiger partial charge in [-0.1, -0.05) is 6.07 Å². The Labute approximate surface area is 154 Å². The van der Waals surface area contributed by atoms with Gasteiger partial charge in [-0.15, -0.1) is 0 Å². The van der Waals surface area contributed by atoms with Gasteiger partial charge in [-0.05, 0) is 31.2 Å². The third kappa shape index (κ3) is 3.10. The van der Waals surface area contributed by atoms with Gasteiger partial charge in [-0.2, -0.15) is 5.10 Å². The number of hydrogen-bond acceptors (Lipinski definition) is 7. The van der Waals surface area contributed by atoms with E-state index in [-0.39, 0.29) is 18.7 Å². The number of carbonyl (C=O) groups is 1. The van der Waals surface area contributed by atoms with Crippen LogP contribution in [0.15, 0.2) is 41.3 Å². The number of benzene rings is 1. The van der Waals surface area contributed by atoms with E-state index in [1.165, 1.54) is 6.20 Å². The van der Waals surface area contributed by atoms with Gasteiger partial charge in [-0.3, -0.25) is 14.6 Å². The van der Waals surface area contributed by atoms with Crippen LogP contribution in [0.4, 0.5) is 0 Å². The van der Waals surface area contributed by atoms with E-state index in [1.54, 1.807) is 19.1 Å². The summed E-state index contributed by atoms with van der Waals surface area (Å²) >= 11 is 0. The van der Waals surface area contributed by atoms with Crippen LogP contribution in [0.5, 0.6) is 11.5 Å². The molecular formula is C19H17N3O5. The number of pyridine rings is 1. The molecule has 2 aromatic heterocycles. The number of hydrogen-bond donors (Lipinski definition) is 0. The predicted molar refractivity (Wildman–Crippen MR) is 96.9 cm³/mol. The van der Waals surface area contributed by atoms with Crippen LogP contribution in [0, 0.1) is 0 Å². The van der Waals surface area contributed by atoms with Crippen molar-refractivity contribution in [3.05, 3.63) is 46.9 Å². The molecule has 138 valence electrons. The summed E-state index contributed by atoms with van der Waals surface area (Å²) in [5.41, 5.74) is 0.928. The van der Waals surface area contributed by atoms with E-state index in [2.05, 4.69) is 10.1 Å². The van der Waals surface area contributed by atoms with Crippen molar-refractivity contribution in [2.75, 3.05) is 19.8 Å². The fourth-order valence-corrected chi connectivity index (χ4v) is 3.00. The molecule has 1 aliphatic rings. The van der Waals surface area contributed by atoms with E-state index in [9.17, 15) is 9.59 Å². The Kier molecular flexibility index (Phi) is 4.45. The average Bonchev–Trinajstić information content (AvgIpc) is 2.70. The molecule has 0 unspecified atom stereocenters. The van der Waals surface area contributed by atoms with Crippen molar-refractivity contribution >= 4 is 16.9 Å². The lowest BCUT2D eigenvalue weighted by atomic mass is 10.1. The lowest BCUT2D eigenvalue weighted by molar-refractivity contribution is -0.144. The second kappa shape index (κ2) is 7.06. The van der Waals surface area contributed by atoms with Crippen LogP contribution >= 0.6 is 0 Å². The van der Waals surface area contributed by atoms with Gasteiger partial charge in [0.2, 0.25) is 0 Å². The maximum absolute atomic E-state index is 12.7. The summed E-state index contributed by atoms with van der Waals surface area (Å²) in [6.07, 6.45) is 1.53. The first-order valence-electron chi connectivity index (χ1n) is 8.59. The smallest absolute Gasteiger partial charge is 0.327 e. The van der Waals surface area contributed by atoms with Gasteiger partial charge in [-0.25, -0.2) is 4.68 Å². The Bertz CT molecular complexity index is 1080. The van der Waals surface area contributed by atoms with Crippen molar-refractivity contribution < 1.29 is 19.0 Å². The Morgan fingerprint density at radius 3 is 2.93 bits per heavy atom. The predicted octanol–water partition coefficient (Wildman–Crippen LogP) is 1.79. The van der Waals surface area contributed by atoms with Crippen LogP contribution in [0.3, 0.4) is 0 Å². The summed E-state index contributed by atoms with van der Waals surface area (Å²) in [4.78, 5) is 28.8. The fourth-order valence-electron chi connectivity index (χ4n) is 3.00. The summed E-state index contributed by atoms with van der Waals surface area (Å²) in [6, 6.07) is 8.97. The number of para-hydroxylation sites is 1. The number of esters is 1. The van der Waals surface area contributed by atoms with Crippen LogP contribution < -0.4 is 15.0 Å². The number of rotatable bonds is 4. The van der Waals surface area contributed by atoms with E-state index in [1.807, 2.05) is 18.2 Å². The van der Waals surface area contributed by atoms with Gasteiger partial charge < -0.3 is 14.2 Å². The van der Waals surface area contributed by atoms with Crippen molar-refractivity contribution in [3.8, 4) is 22.8 Å². The second-order valence-electron chi connectivity index (χ2n) is 5.85. The van der Waals surface area contributed by atoms with Crippen molar-refractivity contribution in [1.82, 2.24) is 14.8 Å². The molecule has 0 N–H and O–H groups in total. The average molecular weight is 367 g/mol. The molecule has 8 heteroatoms. The van der Waals surface area contributed by atoms with Gasteiger partial charge in [0.25, 0.3) is 5.56 Å². The highest BCUT2D eigenvalue weighted by Crippen LogP contribution is 2.40. The molecule has 0 amide bonds. The molecule has 4 rings (SSSR count). The Morgan fingerprint density at radius 2 is 2.07 bits per heavy atom. The first-order chi connectivity index (χ1) is 13.2. The Morgan fingerprint density at radius 1 is 1.22 bits per heavy atom. The summed E-state index contributed by atoms with van der Waals surface area (Å²) in [6.45, 7) is 2.52. The normalized spacial score (nSPS) is 12.8. The SMILES string of the molecule is CCOC(=O)Cn1nc(-c2cccc3c2OCCO3)c2cccnc2c1=O. The molecule has 3 aromatic rings. The number of ether oxygens (including phenoxy) is 3. The molecule has 1 aromatic carbocycles. The quantitative estimate of drug-likeness (QED) is 0.649. The molecule has 3 heterocycles. The fraction of sp³-hybridized carbons (Fsp3) is 0.263. The van der Waals surface area contributed by atoms with E-state index in [0.717, 1.165) is 4.68 Å². The first kappa shape index (κ1) is 17.0. The third-order valence-corrected chi connectivity index (χ3v) is 4.13. The molecule has 0 spiro atoms. The highest BCUT2D eigenvalue weighted by atomic mass is 16.6. The highest BCUT2D eigenvalue weighted by Gasteiger charge is 2.22. The minimum atomic E-state index is -0.539. The number of aromatic nitrogens is 3. The molecule has 8 nitrogen and oxygen atoms in total. The molecule has 0 fully saturated rings. The highest BCUT2D eigenvalue weighted by molar-refractivity contribution is 5.93. The summed E-state index contributed by atoms with van der Waals surface area (Å²) in [5.74, 6) is 0.631. The molecule has 0 saturated heterocycles. The maximum atomic E-state index is 12.7. The van der Waals surface area contributed by atoms with Crippen molar-refractivity contribution in [2.24, 2.45) is 0 Å². The van der Waals surface area contributed by atoms with Gasteiger partial charge in [0.1, 0.15) is 31.0 Å². The van der Waals surface area contributed by atoms with Crippen molar-refractivity contribution in [2.45, 2.75) is 13.5 Å². The molecular weight excluding hydrogens is 350 g/mol. The summed E-state index contributed by atoms with van der Waals surface area (Å²) in [7, 11) is 0. The standard InChI is InChI=1S/C19H17N3O5/c1-2-25-15(23)11-22-19(24)17-12(6-4-8-20-17)16(21-22)13-5-3-7-14-18(13)27-10-9-26-14/h3-8H,2,9-11H2,1H3. The largest absolute Gasteiger partial charge is 0.486 e. The Balaban J connectivity index is 1.94. The number of nitrogens with zero attached hydrogens (tertiary/aromatic N) is 3. The molecule has 0 aliphatic carbocycles. The maximum Gasteiger partial charge on any atom is 0.327 e. The lowest BCUT2D eigenvalue weighted by Crippen LogP contribution is -2.29. The van der Waals surface area contributed by atoms with Crippen LogP contribution in [0.2, 0.25) is 0 Å². The zero-order valence-electron chi connectivity index (χ0n) is 14.7. The second-order valence-corrected chi connectivity index (χ2v) is 5.85. The zero-order valence-corrected chi connectivity index (χ0v) is 14.7. The minimum absolute atomic E-state index is 0.223. The van der Waals surface area contributed by atoms with Gasteiger partial charge >= 0.3 is 5.97 Å². The number of fused-ring (bicyclic) bond motifs is 2. The van der Waals surface area contributed by atoms with E-state index in [4.69, 9.17) is 14.2 Å². The summed E-state index contributed by atoms with van der Waals surface area (Å²) in [5, 5.41) is 5.00. The van der Waals surface area contributed by atoms with Gasteiger partial charge in [0.05, 0.1) is 6.61 Å². The van der Waals surface area contributed by atoms with Crippen LogP contribution in [-0.2, 0) is 16.1 Å². The zero-order chi connectivity index (χ0) is 18.8. The minimum Gasteiger partial charge on any atom is -0.486 e. The first-order valence-corrected chi connectivity index (χ1v) is 8.59. The monoisotopic (exact) mass is 367 g/mol. The van der Waals surface area contributed by atoms with E-state index >= 15 is 0 Å². The summed E-state index contributed by atoms with van der Waals surface area (Å²) < 4.78 is 17.4. The molecule has 27 heavy (non-hydrogen) atoms. The van der Waals surface area contributed by atoms with Crippen LogP contribution in [0.25, 0.3) is 22.2 Å². The molecule has 0 bridgehead atoms.